The van der Waals surface area contributed by atoms with Crippen LogP contribution in [0.1, 0.15) is 37.8 Å². The van der Waals surface area contributed by atoms with Crippen LogP contribution in [0.2, 0.25) is 0 Å². The molecule has 0 bridgehead atoms. The maximum absolute atomic E-state index is 13.3. The van der Waals surface area contributed by atoms with Gasteiger partial charge in [-0.25, -0.2) is 4.39 Å². The second kappa shape index (κ2) is 4.66. The van der Waals surface area contributed by atoms with E-state index in [0.29, 0.717) is 18.5 Å². The van der Waals surface area contributed by atoms with Gasteiger partial charge in [-0.1, -0.05) is 0 Å². The summed E-state index contributed by atoms with van der Waals surface area (Å²) < 4.78 is 13.3. The molecular weight excluding hydrogens is 281 g/mol. The van der Waals surface area contributed by atoms with Crippen molar-refractivity contribution in [3.63, 3.8) is 0 Å². The van der Waals surface area contributed by atoms with Crippen molar-refractivity contribution in [1.29, 1.82) is 0 Å². The minimum Gasteiger partial charge on any atom is -0.398 e. The lowest BCUT2D eigenvalue weighted by Crippen LogP contribution is -2.30. The van der Waals surface area contributed by atoms with Gasteiger partial charge in [0.1, 0.15) is 6.17 Å². The Morgan fingerprint density at radius 1 is 1.36 bits per heavy atom. The molecule has 2 fully saturated rings. The third-order valence-corrected chi connectivity index (χ3v) is 4.73. The molecule has 0 spiro atoms. The zero-order valence-corrected chi connectivity index (χ0v) is 12.4. The number of anilines is 2. The molecule has 0 radical (unpaired) electrons. The Balaban J connectivity index is 1.81. The number of hydrogen-bond donors (Lipinski definition) is 1. The van der Waals surface area contributed by atoms with E-state index in [2.05, 4.69) is 4.98 Å². The number of alkyl halides is 1. The summed E-state index contributed by atoms with van der Waals surface area (Å²) in [6.07, 6.45) is 2.93. The van der Waals surface area contributed by atoms with Gasteiger partial charge in [0.25, 0.3) is 0 Å². The van der Waals surface area contributed by atoms with Crippen molar-refractivity contribution in [3.8, 4) is 0 Å². The van der Waals surface area contributed by atoms with Crippen LogP contribution >= 0.6 is 0 Å². The second-order valence-corrected chi connectivity index (χ2v) is 6.37. The van der Waals surface area contributed by atoms with E-state index in [1.54, 1.807) is 6.20 Å². The first-order valence-corrected chi connectivity index (χ1v) is 7.70. The number of rotatable bonds is 2. The molecule has 1 saturated carbocycles. The maximum atomic E-state index is 13.3. The van der Waals surface area contributed by atoms with Gasteiger partial charge in [0.2, 0.25) is 5.91 Å². The zero-order chi connectivity index (χ0) is 15.4. The molecule has 3 atom stereocenters. The molecule has 1 saturated heterocycles. The highest BCUT2D eigenvalue weighted by Gasteiger charge is 2.40. The van der Waals surface area contributed by atoms with E-state index in [9.17, 15) is 9.18 Å². The molecule has 1 aliphatic carbocycles. The Labute approximate surface area is 128 Å². The molecule has 1 aliphatic heterocycles. The van der Waals surface area contributed by atoms with E-state index in [1.807, 2.05) is 30.0 Å². The van der Waals surface area contributed by atoms with Gasteiger partial charge >= 0.3 is 0 Å². The van der Waals surface area contributed by atoms with Crippen LogP contribution in [0.5, 0.6) is 0 Å². The van der Waals surface area contributed by atoms with E-state index in [-0.39, 0.29) is 17.9 Å². The normalized spacial score (nSPS) is 27.6. The van der Waals surface area contributed by atoms with Crippen LogP contribution in [0.4, 0.5) is 15.8 Å². The maximum Gasteiger partial charge on any atom is 0.227 e. The van der Waals surface area contributed by atoms with Crippen LogP contribution in [0.15, 0.2) is 24.4 Å². The van der Waals surface area contributed by atoms with Crippen molar-refractivity contribution in [2.45, 2.75) is 44.3 Å². The monoisotopic (exact) mass is 299 g/mol. The summed E-state index contributed by atoms with van der Waals surface area (Å²) >= 11 is 0. The second-order valence-electron chi connectivity index (χ2n) is 6.37. The number of aromatic nitrogens is 1. The smallest absolute Gasteiger partial charge is 0.227 e. The van der Waals surface area contributed by atoms with E-state index >= 15 is 0 Å². The van der Waals surface area contributed by atoms with Crippen LogP contribution in [-0.2, 0) is 4.79 Å². The van der Waals surface area contributed by atoms with E-state index < -0.39 is 6.17 Å². The highest BCUT2D eigenvalue weighted by Crippen LogP contribution is 2.43. The Morgan fingerprint density at radius 2 is 2.14 bits per heavy atom. The number of fused-ring (bicyclic) bond motifs is 1. The minimum absolute atomic E-state index is 0.0818. The summed E-state index contributed by atoms with van der Waals surface area (Å²) in [6, 6.07) is 5.89. The predicted octanol–water partition coefficient (Wildman–Crippen LogP) is 3.16. The molecule has 2 N–H and O–H groups in total. The standard InChI is InChI=1S/C17H18FN3O/c1-9-2-3-17(22)21(9)11-4-10-5-16(12-7-14(12)18)20-8-13(10)15(19)6-11/h4-6,8-9,12,14H,2-3,7,19H2,1H3. The number of pyridine rings is 1. The average molecular weight is 299 g/mol. The first kappa shape index (κ1) is 13.5. The van der Waals surface area contributed by atoms with Gasteiger partial charge in [0.15, 0.2) is 0 Å². The van der Waals surface area contributed by atoms with Crippen molar-refractivity contribution in [3.05, 3.63) is 30.1 Å². The Bertz CT molecular complexity index is 776. The third kappa shape index (κ3) is 2.03. The van der Waals surface area contributed by atoms with Crippen molar-refractivity contribution < 1.29 is 9.18 Å². The van der Waals surface area contributed by atoms with Crippen molar-refractivity contribution in [1.82, 2.24) is 4.98 Å². The summed E-state index contributed by atoms with van der Waals surface area (Å²) in [5.74, 6) is 0.0492. The Kier molecular flexibility index (Phi) is 2.86. The molecule has 4 nitrogen and oxygen atoms in total. The van der Waals surface area contributed by atoms with E-state index in [1.165, 1.54) is 0 Å². The zero-order valence-electron chi connectivity index (χ0n) is 12.4. The number of nitrogen functional groups attached to an aromatic ring is 1. The summed E-state index contributed by atoms with van der Waals surface area (Å²) in [5.41, 5.74) is 8.33. The highest BCUT2D eigenvalue weighted by molar-refractivity contribution is 6.02. The average Bonchev–Trinajstić information content (AvgIpc) is 3.12. The molecule has 114 valence electrons. The van der Waals surface area contributed by atoms with Gasteiger partial charge in [-0.05, 0) is 43.4 Å². The van der Waals surface area contributed by atoms with Crippen LogP contribution < -0.4 is 10.6 Å². The predicted molar refractivity (Wildman–Crippen MR) is 84.6 cm³/mol. The molecular formula is C17H18FN3O. The minimum atomic E-state index is -0.773. The van der Waals surface area contributed by atoms with Crippen LogP contribution in [-0.4, -0.2) is 23.1 Å². The van der Waals surface area contributed by atoms with Gasteiger partial charge in [-0.2, -0.15) is 0 Å². The molecule has 22 heavy (non-hydrogen) atoms. The summed E-state index contributed by atoms with van der Waals surface area (Å²) in [6.45, 7) is 2.04. The summed E-state index contributed by atoms with van der Waals surface area (Å²) in [5, 5.41) is 1.77. The number of amides is 1. The number of carbonyl (C=O) groups excluding carboxylic acids is 1. The number of nitrogens with zero attached hydrogens (tertiary/aromatic N) is 2. The summed E-state index contributed by atoms with van der Waals surface area (Å²) in [4.78, 5) is 18.2. The van der Waals surface area contributed by atoms with Crippen molar-refractivity contribution >= 4 is 28.1 Å². The molecule has 4 rings (SSSR count). The van der Waals surface area contributed by atoms with Crippen LogP contribution in [0.3, 0.4) is 0 Å². The van der Waals surface area contributed by atoms with Gasteiger partial charge in [0, 0.05) is 47.0 Å². The van der Waals surface area contributed by atoms with Gasteiger partial charge in [-0.3, -0.25) is 9.78 Å². The molecule has 1 amide bonds. The lowest BCUT2D eigenvalue weighted by molar-refractivity contribution is -0.117. The number of nitrogens with two attached hydrogens (primary N) is 1. The highest BCUT2D eigenvalue weighted by atomic mass is 19.1. The molecule has 5 heteroatoms. The molecule has 1 aromatic carbocycles. The van der Waals surface area contributed by atoms with E-state index in [0.717, 1.165) is 28.6 Å². The third-order valence-electron chi connectivity index (χ3n) is 4.73. The topological polar surface area (TPSA) is 59.2 Å². The quantitative estimate of drug-likeness (QED) is 0.867. The van der Waals surface area contributed by atoms with Crippen LogP contribution in [0.25, 0.3) is 10.8 Å². The SMILES string of the molecule is CC1CCC(=O)N1c1cc(N)c2cnc(C3CC3F)cc2c1. The van der Waals surface area contributed by atoms with Crippen molar-refractivity contribution in [2.75, 3.05) is 10.6 Å². The fraction of sp³-hybridized carbons (Fsp3) is 0.412. The molecule has 2 heterocycles. The van der Waals surface area contributed by atoms with Crippen molar-refractivity contribution in [2.24, 2.45) is 0 Å². The lowest BCUT2D eigenvalue weighted by atomic mass is 10.1. The molecule has 1 aromatic heterocycles. The Hall–Kier alpha value is -2.17. The number of hydrogen-bond acceptors (Lipinski definition) is 3. The number of benzene rings is 1. The number of carbonyl (C=O) groups is 1. The number of halogens is 1. The molecule has 3 unspecified atom stereocenters. The fourth-order valence-corrected chi connectivity index (χ4v) is 3.32. The molecule has 2 aromatic rings. The van der Waals surface area contributed by atoms with Gasteiger partial charge < -0.3 is 10.6 Å². The van der Waals surface area contributed by atoms with Gasteiger partial charge in [-0.15, -0.1) is 0 Å². The summed E-state index contributed by atoms with van der Waals surface area (Å²) in [7, 11) is 0. The lowest BCUT2D eigenvalue weighted by Gasteiger charge is -2.22. The fourth-order valence-electron chi connectivity index (χ4n) is 3.32. The largest absolute Gasteiger partial charge is 0.398 e. The Morgan fingerprint density at radius 3 is 2.77 bits per heavy atom. The molecule has 2 aliphatic rings. The van der Waals surface area contributed by atoms with E-state index in [4.69, 9.17) is 5.73 Å². The van der Waals surface area contributed by atoms with Gasteiger partial charge in [0.05, 0.1) is 0 Å². The first-order chi connectivity index (χ1) is 10.5. The van der Waals surface area contributed by atoms with Crippen LogP contribution in [0, 0.1) is 0 Å². The first-order valence-electron chi connectivity index (χ1n) is 7.70.